The van der Waals surface area contributed by atoms with Gasteiger partial charge in [-0.2, -0.15) is 0 Å². The summed E-state index contributed by atoms with van der Waals surface area (Å²) in [4.78, 5) is 15.6. The second-order valence-electron chi connectivity index (χ2n) is 5.22. The molecule has 1 aliphatic rings. The summed E-state index contributed by atoms with van der Waals surface area (Å²) in [5.41, 5.74) is 0.988. The van der Waals surface area contributed by atoms with Crippen LogP contribution in [0.5, 0.6) is 0 Å². The third-order valence-electron chi connectivity index (χ3n) is 3.66. The Morgan fingerprint density at radius 3 is 2.45 bits per heavy atom. The topological polar surface area (TPSA) is 47.6 Å². The first-order chi connectivity index (χ1) is 10.6. The molecule has 22 heavy (non-hydrogen) atoms. The number of hydrogen-bond acceptors (Lipinski definition) is 3. The molecule has 1 fully saturated rings. The number of carbonyl (C=O) groups is 1. The van der Waals surface area contributed by atoms with Gasteiger partial charge in [0.1, 0.15) is 5.82 Å². The molecule has 1 amide bonds. The Bertz CT molecular complexity index is 515. The molecule has 0 unspecified atom stereocenters. The SMILES string of the molecule is CNC(=O)CN1CCN(C(=S)NCc2ccc(F)cc2)CC1. The highest BCUT2D eigenvalue weighted by atomic mass is 32.1. The van der Waals surface area contributed by atoms with Crippen LogP contribution in [0.25, 0.3) is 0 Å². The fraction of sp³-hybridized carbons (Fsp3) is 0.467. The third-order valence-corrected chi connectivity index (χ3v) is 4.07. The highest BCUT2D eigenvalue weighted by Crippen LogP contribution is 2.05. The number of amides is 1. The maximum Gasteiger partial charge on any atom is 0.233 e. The van der Waals surface area contributed by atoms with Gasteiger partial charge < -0.3 is 15.5 Å². The van der Waals surface area contributed by atoms with Crippen molar-refractivity contribution in [3.63, 3.8) is 0 Å². The Balaban J connectivity index is 1.73. The molecule has 1 aromatic carbocycles. The zero-order valence-corrected chi connectivity index (χ0v) is 13.5. The van der Waals surface area contributed by atoms with E-state index >= 15 is 0 Å². The van der Waals surface area contributed by atoms with Crippen molar-refractivity contribution in [2.45, 2.75) is 6.54 Å². The van der Waals surface area contributed by atoms with Crippen LogP contribution >= 0.6 is 12.2 Å². The van der Waals surface area contributed by atoms with Gasteiger partial charge in [0.15, 0.2) is 5.11 Å². The van der Waals surface area contributed by atoms with E-state index in [2.05, 4.69) is 20.4 Å². The summed E-state index contributed by atoms with van der Waals surface area (Å²) in [6.45, 7) is 4.23. The van der Waals surface area contributed by atoms with Gasteiger partial charge in [0.2, 0.25) is 5.91 Å². The van der Waals surface area contributed by atoms with Crippen molar-refractivity contribution in [2.24, 2.45) is 0 Å². The molecule has 7 heteroatoms. The largest absolute Gasteiger partial charge is 0.358 e. The van der Waals surface area contributed by atoms with Gasteiger partial charge in [0.05, 0.1) is 6.54 Å². The number of rotatable bonds is 4. The summed E-state index contributed by atoms with van der Waals surface area (Å²) >= 11 is 5.39. The van der Waals surface area contributed by atoms with E-state index in [1.807, 2.05) is 0 Å². The van der Waals surface area contributed by atoms with E-state index in [0.717, 1.165) is 31.7 Å². The first-order valence-corrected chi connectivity index (χ1v) is 7.69. The zero-order valence-electron chi connectivity index (χ0n) is 12.6. The van der Waals surface area contributed by atoms with Gasteiger partial charge in [-0.3, -0.25) is 9.69 Å². The summed E-state index contributed by atoms with van der Waals surface area (Å²) in [6, 6.07) is 6.37. The van der Waals surface area contributed by atoms with Crippen molar-refractivity contribution in [2.75, 3.05) is 39.8 Å². The molecule has 2 rings (SSSR count). The van der Waals surface area contributed by atoms with Crippen LogP contribution in [-0.2, 0) is 11.3 Å². The number of likely N-dealkylation sites (N-methyl/N-ethyl adjacent to an activating group) is 1. The highest BCUT2D eigenvalue weighted by Gasteiger charge is 2.19. The molecule has 1 saturated heterocycles. The number of halogens is 1. The maximum absolute atomic E-state index is 12.8. The molecule has 0 aromatic heterocycles. The van der Waals surface area contributed by atoms with Crippen LogP contribution < -0.4 is 10.6 Å². The van der Waals surface area contributed by atoms with Crippen molar-refractivity contribution >= 4 is 23.2 Å². The fourth-order valence-corrected chi connectivity index (χ4v) is 2.54. The van der Waals surface area contributed by atoms with E-state index < -0.39 is 0 Å². The molecule has 0 bridgehead atoms. The number of nitrogens with one attached hydrogen (secondary N) is 2. The van der Waals surface area contributed by atoms with E-state index in [1.165, 1.54) is 12.1 Å². The molecule has 0 aliphatic carbocycles. The normalized spacial score (nSPS) is 15.5. The van der Waals surface area contributed by atoms with E-state index in [4.69, 9.17) is 12.2 Å². The van der Waals surface area contributed by atoms with Gasteiger partial charge in [0, 0.05) is 39.8 Å². The predicted octanol–water partition coefficient (Wildman–Crippen LogP) is 0.564. The lowest BCUT2D eigenvalue weighted by Gasteiger charge is -2.35. The number of benzene rings is 1. The van der Waals surface area contributed by atoms with Crippen molar-refractivity contribution < 1.29 is 9.18 Å². The third kappa shape index (κ3) is 4.92. The number of piperazine rings is 1. The van der Waals surface area contributed by atoms with Crippen molar-refractivity contribution in [3.05, 3.63) is 35.6 Å². The van der Waals surface area contributed by atoms with Crippen LogP contribution in [0.4, 0.5) is 4.39 Å². The van der Waals surface area contributed by atoms with Crippen LogP contribution in [0.15, 0.2) is 24.3 Å². The molecule has 1 aliphatic heterocycles. The minimum Gasteiger partial charge on any atom is -0.358 e. The fourth-order valence-electron chi connectivity index (χ4n) is 2.28. The summed E-state index contributed by atoms with van der Waals surface area (Å²) in [5.74, 6) is -0.205. The molecular formula is C15H21FN4OS. The Morgan fingerprint density at radius 2 is 1.86 bits per heavy atom. The molecule has 2 N–H and O–H groups in total. The maximum atomic E-state index is 12.8. The quantitative estimate of drug-likeness (QED) is 0.793. The molecule has 0 radical (unpaired) electrons. The van der Waals surface area contributed by atoms with Crippen molar-refractivity contribution in [3.8, 4) is 0 Å². The molecule has 0 saturated carbocycles. The lowest BCUT2D eigenvalue weighted by atomic mass is 10.2. The molecule has 0 atom stereocenters. The van der Waals surface area contributed by atoms with Crippen LogP contribution in [0.3, 0.4) is 0 Å². The van der Waals surface area contributed by atoms with E-state index in [0.29, 0.717) is 18.2 Å². The molecule has 5 nitrogen and oxygen atoms in total. The first kappa shape index (κ1) is 16.6. The van der Waals surface area contributed by atoms with Crippen LogP contribution in [0.2, 0.25) is 0 Å². The minimum atomic E-state index is -0.237. The monoisotopic (exact) mass is 324 g/mol. The Hall–Kier alpha value is -1.73. The summed E-state index contributed by atoms with van der Waals surface area (Å²) in [7, 11) is 1.65. The van der Waals surface area contributed by atoms with Gasteiger partial charge in [-0.25, -0.2) is 4.39 Å². The van der Waals surface area contributed by atoms with E-state index in [9.17, 15) is 9.18 Å². The summed E-state index contributed by atoms with van der Waals surface area (Å²) < 4.78 is 12.8. The van der Waals surface area contributed by atoms with Gasteiger partial charge in [-0.05, 0) is 29.9 Å². The number of nitrogens with zero attached hydrogens (tertiary/aromatic N) is 2. The molecule has 0 spiro atoms. The highest BCUT2D eigenvalue weighted by molar-refractivity contribution is 7.80. The lowest BCUT2D eigenvalue weighted by molar-refractivity contribution is -0.122. The van der Waals surface area contributed by atoms with Crippen LogP contribution in [0, 0.1) is 5.82 Å². The molecule has 1 aromatic rings. The Kier molecular flexibility index (Phi) is 6.09. The first-order valence-electron chi connectivity index (χ1n) is 7.28. The van der Waals surface area contributed by atoms with E-state index in [-0.39, 0.29) is 11.7 Å². The number of hydrogen-bond donors (Lipinski definition) is 2. The second-order valence-corrected chi connectivity index (χ2v) is 5.61. The standard InChI is InChI=1S/C15H21FN4OS/c1-17-14(21)11-19-6-8-20(9-7-19)15(22)18-10-12-2-4-13(16)5-3-12/h2-5H,6-11H2,1H3,(H,17,21)(H,18,22). The van der Waals surface area contributed by atoms with Crippen LogP contribution in [-0.4, -0.2) is 60.6 Å². The molecule has 1 heterocycles. The second kappa shape index (κ2) is 8.05. The average Bonchev–Trinajstić information content (AvgIpc) is 2.54. The number of thiocarbonyl (C=S) groups is 1. The van der Waals surface area contributed by atoms with E-state index in [1.54, 1.807) is 19.2 Å². The average molecular weight is 324 g/mol. The zero-order chi connectivity index (χ0) is 15.9. The smallest absolute Gasteiger partial charge is 0.233 e. The van der Waals surface area contributed by atoms with Gasteiger partial charge in [0.25, 0.3) is 0 Å². The van der Waals surface area contributed by atoms with Gasteiger partial charge >= 0.3 is 0 Å². The lowest BCUT2D eigenvalue weighted by Crippen LogP contribution is -2.53. The summed E-state index contributed by atoms with van der Waals surface area (Å²) in [5, 5.41) is 6.52. The molecule has 120 valence electrons. The van der Waals surface area contributed by atoms with Crippen molar-refractivity contribution in [1.82, 2.24) is 20.4 Å². The number of carbonyl (C=O) groups excluding carboxylic acids is 1. The van der Waals surface area contributed by atoms with Crippen LogP contribution in [0.1, 0.15) is 5.56 Å². The summed E-state index contributed by atoms with van der Waals surface area (Å²) in [6.07, 6.45) is 0. The molecular weight excluding hydrogens is 303 g/mol. The Labute approximate surface area is 135 Å². The Morgan fingerprint density at radius 1 is 1.23 bits per heavy atom. The minimum absolute atomic E-state index is 0.0328. The van der Waals surface area contributed by atoms with Gasteiger partial charge in [-0.1, -0.05) is 12.1 Å². The predicted molar refractivity (Wildman–Crippen MR) is 87.9 cm³/mol. The van der Waals surface area contributed by atoms with Crippen molar-refractivity contribution in [1.29, 1.82) is 0 Å². The van der Waals surface area contributed by atoms with Gasteiger partial charge in [-0.15, -0.1) is 0 Å².